The van der Waals surface area contributed by atoms with Crippen LogP contribution in [0.15, 0.2) is 12.4 Å². The van der Waals surface area contributed by atoms with Crippen LogP contribution in [0.25, 0.3) is 0 Å². The Kier molecular flexibility index (Phi) is 4.53. The molecule has 0 aliphatic heterocycles. The van der Waals surface area contributed by atoms with E-state index in [4.69, 9.17) is 0 Å². The van der Waals surface area contributed by atoms with Crippen LogP contribution in [0.2, 0.25) is 0 Å². The first kappa shape index (κ1) is 13.3. The molecule has 4 nitrogen and oxygen atoms in total. The summed E-state index contributed by atoms with van der Waals surface area (Å²) in [5, 5.41) is 6.90. The minimum Gasteiger partial charge on any atom is -0.367 e. The van der Waals surface area contributed by atoms with E-state index in [0.29, 0.717) is 18.0 Å². The quantitative estimate of drug-likeness (QED) is 0.859. The van der Waals surface area contributed by atoms with Crippen LogP contribution in [0.3, 0.4) is 0 Å². The lowest BCUT2D eigenvalue weighted by Crippen LogP contribution is -2.35. The van der Waals surface area contributed by atoms with Crippen molar-refractivity contribution in [3.8, 4) is 0 Å². The molecule has 1 aromatic heterocycles. The molecule has 1 heterocycles. The molecule has 0 radical (unpaired) electrons. The molecule has 0 atom stereocenters. The Labute approximate surface area is 110 Å². The van der Waals surface area contributed by atoms with Gasteiger partial charge in [-0.25, -0.2) is 9.97 Å². The summed E-state index contributed by atoms with van der Waals surface area (Å²) in [6.45, 7) is 4.31. The molecule has 1 aliphatic rings. The molecule has 1 fully saturated rings. The van der Waals surface area contributed by atoms with Crippen LogP contribution in [0.1, 0.15) is 51.1 Å². The molecular weight excluding hydrogens is 224 g/mol. The highest BCUT2D eigenvalue weighted by molar-refractivity contribution is 5.36. The molecule has 100 valence electrons. The summed E-state index contributed by atoms with van der Waals surface area (Å²) in [7, 11) is 2.05. The molecule has 0 spiro atoms. The summed E-state index contributed by atoms with van der Waals surface area (Å²) in [5.41, 5.74) is 1.11. The summed E-state index contributed by atoms with van der Waals surface area (Å²) in [6.07, 6.45) is 6.59. The predicted octanol–water partition coefficient (Wildman–Crippen LogP) is 2.54. The Bertz CT molecular complexity index is 370. The van der Waals surface area contributed by atoms with Gasteiger partial charge in [0, 0.05) is 23.8 Å². The van der Waals surface area contributed by atoms with E-state index in [1.165, 1.54) is 25.7 Å². The number of aromatic nitrogens is 2. The largest absolute Gasteiger partial charge is 0.367 e. The Morgan fingerprint density at radius 3 is 2.39 bits per heavy atom. The first-order valence-corrected chi connectivity index (χ1v) is 6.94. The van der Waals surface area contributed by atoms with Crippen LogP contribution >= 0.6 is 0 Å². The highest BCUT2D eigenvalue weighted by atomic mass is 15.0. The Morgan fingerprint density at radius 2 is 1.78 bits per heavy atom. The maximum Gasteiger partial charge on any atom is 0.129 e. The van der Waals surface area contributed by atoms with Gasteiger partial charge in [-0.1, -0.05) is 13.8 Å². The van der Waals surface area contributed by atoms with E-state index >= 15 is 0 Å². The van der Waals surface area contributed by atoms with Gasteiger partial charge in [0.1, 0.15) is 12.1 Å². The zero-order valence-electron chi connectivity index (χ0n) is 11.6. The SMILES string of the molecule is CN[C@H]1CC[C@H](Nc2cc(C(C)C)ncn2)CC1. The summed E-state index contributed by atoms with van der Waals surface area (Å²) < 4.78 is 0. The van der Waals surface area contributed by atoms with Crippen molar-refractivity contribution in [1.29, 1.82) is 0 Å². The molecule has 1 aliphatic carbocycles. The summed E-state index contributed by atoms with van der Waals surface area (Å²) in [5.74, 6) is 1.43. The van der Waals surface area contributed by atoms with Crippen LogP contribution < -0.4 is 10.6 Å². The van der Waals surface area contributed by atoms with Gasteiger partial charge in [0.05, 0.1) is 0 Å². The standard InChI is InChI=1S/C14H24N4/c1-10(2)13-8-14(17-9-16-13)18-12-6-4-11(15-3)5-7-12/h8-12,15H,4-7H2,1-3H3,(H,16,17,18)/t11-,12-. The van der Waals surface area contributed by atoms with E-state index in [1.54, 1.807) is 6.33 Å². The number of nitrogens with zero attached hydrogens (tertiary/aromatic N) is 2. The number of rotatable bonds is 4. The number of hydrogen-bond acceptors (Lipinski definition) is 4. The Hall–Kier alpha value is -1.16. The number of hydrogen-bond donors (Lipinski definition) is 2. The van der Waals surface area contributed by atoms with Crippen molar-refractivity contribution in [2.45, 2.75) is 57.5 Å². The predicted molar refractivity (Wildman–Crippen MR) is 74.8 cm³/mol. The first-order chi connectivity index (χ1) is 8.69. The van der Waals surface area contributed by atoms with Gasteiger partial charge in [-0.05, 0) is 38.6 Å². The fraction of sp³-hybridized carbons (Fsp3) is 0.714. The molecule has 4 heteroatoms. The maximum absolute atomic E-state index is 4.32. The van der Waals surface area contributed by atoms with E-state index in [1.807, 2.05) is 0 Å². The lowest BCUT2D eigenvalue weighted by Gasteiger charge is -2.29. The number of nitrogens with one attached hydrogen (secondary N) is 2. The van der Waals surface area contributed by atoms with Crippen LogP contribution in [-0.4, -0.2) is 29.1 Å². The van der Waals surface area contributed by atoms with Crippen molar-refractivity contribution >= 4 is 5.82 Å². The van der Waals surface area contributed by atoms with Crippen LogP contribution in [0.5, 0.6) is 0 Å². The number of anilines is 1. The van der Waals surface area contributed by atoms with Gasteiger partial charge in [0.25, 0.3) is 0 Å². The second-order valence-corrected chi connectivity index (χ2v) is 5.46. The van der Waals surface area contributed by atoms with Gasteiger partial charge in [-0.3, -0.25) is 0 Å². The normalized spacial score (nSPS) is 24.2. The second kappa shape index (κ2) is 6.14. The third-order valence-electron chi connectivity index (χ3n) is 3.77. The first-order valence-electron chi connectivity index (χ1n) is 6.94. The topological polar surface area (TPSA) is 49.8 Å². The van der Waals surface area contributed by atoms with Crippen LogP contribution in [0.4, 0.5) is 5.82 Å². The third-order valence-corrected chi connectivity index (χ3v) is 3.77. The van der Waals surface area contributed by atoms with Gasteiger partial charge in [-0.2, -0.15) is 0 Å². The molecule has 1 saturated carbocycles. The van der Waals surface area contributed by atoms with E-state index in [9.17, 15) is 0 Å². The van der Waals surface area contributed by atoms with E-state index in [2.05, 4.69) is 47.6 Å². The molecule has 0 amide bonds. The lowest BCUT2D eigenvalue weighted by atomic mass is 9.91. The molecule has 0 unspecified atom stereocenters. The van der Waals surface area contributed by atoms with Gasteiger partial charge in [0.15, 0.2) is 0 Å². The molecule has 0 bridgehead atoms. The molecular formula is C14H24N4. The summed E-state index contributed by atoms with van der Waals surface area (Å²) in [4.78, 5) is 8.61. The average molecular weight is 248 g/mol. The molecule has 18 heavy (non-hydrogen) atoms. The van der Waals surface area contributed by atoms with Crippen molar-refractivity contribution in [2.24, 2.45) is 0 Å². The van der Waals surface area contributed by atoms with E-state index in [-0.39, 0.29) is 0 Å². The summed E-state index contributed by atoms with van der Waals surface area (Å²) in [6, 6.07) is 3.33. The van der Waals surface area contributed by atoms with E-state index < -0.39 is 0 Å². The van der Waals surface area contributed by atoms with Gasteiger partial charge in [-0.15, -0.1) is 0 Å². The smallest absolute Gasteiger partial charge is 0.129 e. The van der Waals surface area contributed by atoms with Crippen molar-refractivity contribution < 1.29 is 0 Å². The fourth-order valence-corrected chi connectivity index (χ4v) is 2.50. The van der Waals surface area contributed by atoms with Crippen molar-refractivity contribution in [3.05, 3.63) is 18.1 Å². The molecule has 2 rings (SSSR count). The molecule has 2 N–H and O–H groups in total. The summed E-state index contributed by atoms with van der Waals surface area (Å²) >= 11 is 0. The highest BCUT2D eigenvalue weighted by Gasteiger charge is 2.20. The zero-order valence-corrected chi connectivity index (χ0v) is 11.6. The third kappa shape index (κ3) is 3.42. The molecule has 0 aromatic carbocycles. The van der Waals surface area contributed by atoms with Crippen molar-refractivity contribution in [3.63, 3.8) is 0 Å². The minimum atomic E-state index is 0.452. The second-order valence-electron chi connectivity index (χ2n) is 5.46. The van der Waals surface area contributed by atoms with E-state index in [0.717, 1.165) is 11.5 Å². The van der Waals surface area contributed by atoms with Crippen molar-refractivity contribution in [1.82, 2.24) is 15.3 Å². The zero-order chi connectivity index (χ0) is 13.0. The fourth-order valence-electron chi connectivity index (χ4n) is 2.50. The Morgan fingerprint density at radius 1 is 1.11 bits per heavy atom. The van der Waals surface area contributed by atoms with Crippen LogP contribution in [-0.2, 0) is 0 Å². The van der Waals surface area contributed by atoms with Gasteiger partial charge in [0.2, 0.25) is 0 Å². The van der Waals surface area contributed by atoms with Crippen molar-refractivity contribution in [2.75, 3.05) is 12.4 Å². The molecule has 0 saturated heterocycles. The van der Waals surface area contributed by atoms with Gasteiger partial charge < -0.3 is 10.6 Å². The Balaban J connectivity index is 1.92. The highest BCUT2D eigenvalue weighted by Crippen LogP contribution is 2.22. The van der Waals surface area contributed by atoms with Gasteiger partial charge >= 0.3 is 0 Å². The minimum absolute atomic E-state index is 0.452. The molecule has 1 aromatic rings. The lowest BCUT2D eigenvalue weighted by molar-refractivity contribution is 0.371. The average Bonchev–Trinajstić information content (AvgIpc) is 2.40. The van der Waals surface area contributed by atoms with Crippen LogP contribution in [0, 0.1) is 0 Å². The maximum atomic E-state index is 4.32. The monoisotopic (exact) mass is 248 g/mol.